The Morgan fingerprint density at radius 2 is 2.12 bits per heavy atom. The number of carbonyl (C=O) groups is 1. The summed E-state index contributed by atoms with van der Waals surface area (Å²) in [4.78, 5) is 11.4. The molecule has 0 aromatic carbocycles. The van der Waals surface area contributed by atoms with Gasteiger partial charge >= 0.3 is 0 Å². The second-order valence-corrected chi connectivity index (χ2v) is 5.63. The number of carbonyl (C=O) groups excluding carboxylic acids is 1. The average molecular weight is 241 g/mol. The minimum Gasteiger partial charge on any atom is -0.368 e. The minimum absolute atomic E-state index is 0.00762. The van der Waals surface area contributed by atoms with Crippen molar-refractivity contribution in [3.05, 3.63) is 0 Å². The first-order valence-corrected chi connectivity index (χ1v) is 6.92. The Morgan fingerprint density at radius 3 is 2.71 bits per heavy atom. The molecule has 1 amide bonds. The molecule has 1 aliphatic carbocycles. The van der Waals surface area contributed by atoms with Crippen LogP contribution in [0, 0.1) is 17.8 Å². The molecule has 100 valence electrons. The number of rotatable bonds is 5. The van der Waals surface area contributed by atoms with E-state index in [0.717, 1.165) is 12.3 Å². The molecule has 17 heavy (non-hydrogen) atoms. The number of amides is 1. The number of ether oxygens (including phenoxy) is 1. The van der Waals surface area contributed by atoms with Crippen molar-refractivity contribution in [1.82, 2.24) is 5.32 Å². The maximum atomic E-state index is 11.4. The Bertz CT molecular complexity index is 240. The van der Waals surface area contributed by atoms with Gasteiger partial charge in [0.1, 0.15) is 6.61 Å². The molecule has 3 nitrogen and oxygen atoms in total. The molecule has 0 radical (unpaired) electrons. The summed E-state index contributed by atoms with van der Waals surface area (Å²) in [5, 5.41) is 2.78. The van der Waals surface area contributed by atoms with Crippen molar-refractivity contribution in [2.45, 2.75) is 53.1 Å². The van der Waals surface area contributed by atoms with Gasteiger partial charge in [-0.1, -0.05) is 27.2 Å². The van der Waals surface area contributed by atoms with Crippen molar-refractivity contribution in [3.63, 3.8) is 0 Å². The predicted molar refractivity (Wildman–Crippen MR) is 69.8 cm³/mol. The quantitative estimate of drug-likeness (QED) is 0.803. The molecule has 0 heterocycles. The molecule has 3 heteroatoms. The highest BCUT2D eigenvalue weighted by Crippen LogP contribution is 2.35. The standard InChI is InChI=1S/C14H27NO2/c1-5-15-14(16)9-17-13-8-11(4)6-7-12(13)10(2)3/h10-13H,5-9H2,1-4H3,(H,15,16). The highest BCUT2D eigenvalue weighted by Gasteiger charge is 2.31. The third-order valence-electron chi connectivity index (χ3n) is 3.76. The van der Waals surface area contributed by atoms with Crippen molar-refractivity contribution in [2.75, 3.05) is 13.2 Å². The molecule has 0 aromatic rings. The van der Waals surface area contributed by atoms with Crippen LogP contribution in [0.3, 0.4) is 0 Å². The van der Waals surface area contributed by atoms with E-state index < -0.39 is 0 Å². The Morgan fingerprint density at radius 1 is 1.41 bits per heavy atom. The molecule has 0 aliphatic heterocycles. The lowest BCUT2D eigenvalue weighted by Crippen LogP contribution is -2.37. The number of hydrogen-bond acceptors (Lipinski definition) is 2. The van der Waals surface area contributed by atoms with Crippen molar-refractivity contribution in [3.8, 4) is 0 Å². The fraction of sp³-hybridized carbons (Fsp3) is 0.929. The molecule has 3 atom stereocenters. The van der Waals surface area contributed by atoms with Gasteiger partial charge in [0, 0.05) is 6.54 Å². The van der Waals surface area contributed by atoms with Crippen molar-refractivity contribution in [2.24, 2.45) is 17.8 Å². The number of likely N-dealkylation sites (N-methyl/N-ethyl adjacent to an activating group) is 1. The van der Waals surface area contributed by atoms with E-state index in [1.807, 2.05) is 6.92 Å². The second kappa shape index (κ2) is 7.00. The maximum absolute atomic E-state index is 11.4. The summed E-state index contributed by atoms with van der Waals surface area (Å²) < 4.78 is 5.83. The van der Waals surface area contributed by atoms with Crippen LogP contribution >= 0.6 is 0 Å². The minimum atomic E-state index is 0.00762. The fourth-order valence-corrected chi connectivity index (χ4v) is 2.74. The molecule has 0 saturated heterocycles. The lowest BCUT2D eigenvalue weighted by atomic mass is 9.75. The van der Waals surface area contributed by atoms with Crippen LogP contribution in [0.15, 0.2) is 0 Å². The Balaban J connectivity index is 2.43. The van der Waals surface area contributed by atoms with Crippen LogP contribution in [-0.2, 0) is 9.53 Å². The van der Waals surface area contributed by atoms with Crippen LogP contribution in [0.2, 0.25) is 0 Å². The van der Waals surface area contributed by atoms with E-state index in [4.69, 9.17) is 4.74 Å². The van der Waals surface area contributed by atoms with Gasteiger partial charge in [-0.25, -0.2) is 0 Å². The van der Waals surface area contributed by atoms with Gasteiger partial charge in [-0.15, -0.1) is 0 Å². The molecule has 0 aromatic heterocycles. The highest BCUT2D eigenvalue weighted by atomic mass is 16.5. The van der Waals surface area contributed by atoms with Crippen molar-refractivity contribution >= 4 is 5.91 Å². The number of nitrogens with one attached hydrogen (secondary N) is 1. The van der Waals surface area contributed by atoms with Crippen LogP contribution in [0.25, 0.3) is 0 Å². The first-order chi connectivity index (χ1) is 8.04. The third kappa shape index (κ3) is 4.66. The van der Waals surface area contributed by atoms with Crippen LogP contribution in [0.1, 0.15) is 47.0 Å². The molecule has 0 spiro atoms. The van der Waals surface area contributed by atoms with Gasteiger partial charge in [-0.2, -0.15) is 0 Å². The SMILES string of the molecule is CCNC(=O)COC1CC(C)CCC1C(C)C. The Labute approximate surface area is 105 Å². The average Bonchev–Trinajstić information content (AvgIpc) is 2.26. The van der Waals surface area contributed by atoms with E-state index in [-0.39, 0.29) is 18.6 Å². The zero-order chi connectivity index (χ0) is 12.8. The van der Waals surface area contributed by atoms with Gasteiger partial charge in [0.2, 0.25) is 5.91 Å². The maximum Gasteiger partial charge on any atom is 0.246 e. The van der Waals surface area contributed by atoms with E-state index in [1.54, 1.807) is 0 Å². The van der Waals surface area contributed by atoms with E-state index in [1.165, 1.54) is 12.8 Å². The lowest BCUT2D eigenvalue weighted by molar-refractivity contribution is -0.131. The van der Waals surface area contributed by atoms with Gasteiger partial charge < -0.3 is 10.1 Å². The van der Waals surface area contributed by atoms with Gasteiger partial charge in [0.15, 0.2) is 0 Å². The molecule has 0 bridgehead atoms. The first kappa shape index (κ1) is 14.5. The van der Waals surface area contributed by atoms with E-state index >= 15 is 0 Å². The zero-order valence-electron chi connectivity index (χ0n) is 11.7. The Kier molecular flexibility index (Phi) is 5.96. The summed E-state index contributed by atoms with van der Waals surface area (Å²) >= 11 is 0. The second-order valence-electron chi connectivity index (χ2n) is 5.63. The summed E-state index contributed by atoms with van der Waals surface area (Å²) in [6.45, 7) is 9.61. The van der Waals surface area contributed by atoms with Crippen LogP contribution in [0.5, 0.6) is 0 Å². The summed E-state index contributed by atoms with van der Waals surface area (Å²) in [6, 6.07) is 0. The summed E-state index contributed by atoms with van der Waals surface area (Å²) in [7, 11) is 0. The summed E-state index contributed by atoms with van der Waals surface area (Å²) in [5.74, 6) is 1.99. The van der Waals surface area contributed by atoms with Gasteiger partial charge in [0.25, 0.3) is 0 Å². The van der Waals surface area contributed by atoms with Crippen molar-refractivity contribution in [1.29, 1.82) is 0 Å². The fourth-order valence-electron chi connectivity index (χ4n) is 2.74. The molecule has 1 N–H and O–H groups in total. The molecule has 1 saturated carbocycles. The zero-order valence-corrected chi connectivity index (χ0v) is 11.7. The smallest absolute Gasteiger partial charge is 0.246 e. The summed E-state index contributed by atoms with van der Waals surface area (Å²) in [5.41, 5.74) is 0. The highest BCUT2D eigenvalue weighted by molar-refractivity contribution is 5.77. The monoisotopic (exact) mass is 241 g/mol. The summed E-state index contributed by atoms with van der Waals surface area (Å²) in [6.07, 6.45) is 3.90. The van der Waals surface area contributed by atoms with E-state index in [2.05, 4.69) is 26.1 Å². The molecule has 1 aliphatic rings. The van der Waals surface area contributed by atoms with E-state index in [0.29, 0.717) is 18.4 Å². The molecule has 1 fully saturated rings. The van der Waals surface area contributed by atoms with Crippen LogP contribution in [-0.4, -0.2) is 25.2 Å². The molecular formula is C14H27NO2. The van der Waals surface area contributed by atoms with Crippen molar-refractivity contribution < 1.29 is 9.53 Å². The van der Waals surface area contributed by atoms with Gasteiger partial charge in [-0.05, 0) is 37.5 Å². The normalized spacial score (nSPS) is 29.4. The largest absolute Gasteiger partial charge is 0.368 e. The number of hydrogen-bond donors (Lipinski definition) is 1. The lowest BCUT2D eigenvalue weighted by Gasteiger charge is -2.37. The van der Waals surface area contributed by atoms with Gasteiger partial charge in [-0.3, -0.25) is 4.79 Å². The van der Waals surface area contributed by atoms with Crippen LogP contribution in [0.4, 0.5) is 0 Å². The third-order valence-corrected chi connectivity index (χ3v) is 3.76. The molecule has 3 unspecified atom stereocenters. The van der Waals surface area contributed by atoms with Crippen LogP contribution < -0.4 is 5.32 Å². The predicted octanol–water partition coefficient (Wildman–Crippen LogP) is 2.60. The molecular weight excluding hydrogens is 214 g/mol. The Hall–Kier alpha value is -0.570. The molecule has 1 rings (SSSR count). The topological polar surface area (TPSA) is 38.3 Å². The van der Waals surface area contributed by atoms with E-state index in [9.17, 15) is 4.79 Å². The van der Waals surface area contributed by atoms with Gasteiger partial charge in [0.05, 0.1) is 6.10 Å². The first-order valence-electron chi connectivity index (χ1n) is 6.92.